The van der Waals surface area contributed by atoms with Crippen molar-refractivity contribution in [3.8, 4) is 0 Å². The van der Waals surface area contributed by atoms with Gasteiger partial charge in [0.2, 0.25) is 0 Å². The van der Waals surface area contributed by atoms with Gasteiger partial charge in [-0.15, -0.1) is 0 Å². The van der Waals surface area contributed by atoms with Crippen LogP contribution in [0.5, 0.6) is 0 Å². The number of carbonyl (C=O) groups excluding carboxylic acids is 2. The van der Waals surface area contributed by atoms with E-state index in [1.165, 1.54) is 96.3 Å². The van der Waals surface area contributed by atoms with Gasteiger partial charge in [-0.05, 0) is 51.4 Å². The van der Waals surface area contributed by atoms with E-state index in [2.05, 4.69) is 44.2 Å². The van der Waals surface area contributed by atoms with Crippen LogP contribution >= 0.6 is 0 Å². The van der Waals surface area contributed by atoms with E-state index >= 15 is 0 Å². The SMILES string of the molecule is CCCCC/C=C/C=C/CCCCCCCCCCCCC(=O)OCC(COCCC(C(=O)O)[N+](C)(C)C)OC(=O)CC/C=C/CCCCCC. The fraction of sp³-hybridized carbons (Fsp3) is 0.791. The normalized spacial score (nSPS) is 13.4. The van der Waals surface area contributed by atoms with E-state index in [1.54, 1.807) is 0 Å². The van der Waals surface area contributed by atoms with Crippen molar-refractivity contribution < 1.29 is 38.2 Å². The van der Waals surface area contributed by atoms with Crippen LogP contribution in [-0.4, -0.2) is 80.6 Å². The number of ether oxygens (including phenoxy) is 3. The first-order chi connectivity index (χ1) is 24.6. The topological polar surface area (TPSA) is 99.1 Å². The van der Waals surface area contributed by atoms with Gasteiger partial charge < -0.3 is 23.8 Å². The van der Waals surface area contributed by atoms with Gasteiger partial charge in [-0.1, -0.05) is 134 Å². The van der Waals surface area contributed by atoms with Crippen LogP contribution in [0.3, 0.4) is 0 Å². The molecule has 0 spiro atoms. The van der Waals surface area contributed by atoms with Crippen molar-refractivity contribution >= 4 is 17.9 Å². The zero-order chi connectivity index (χ0) is 37.8. The Morgan fingerprint density at radius 1 is 0.588 bits per heavy atom. The zero-order valence-electron chi connectivity index (χ0n) is 33.6. The third-order valence-electron chi connectivity index (χ3n) is 9.05. The molecule has 8 nitrogen and oxygen atoms in total. The van der Waals surface area contributed by atoms with Crippen LogP contribution in [0, 0.1) is 0 Å². The fourth-order valence-electron chi connectivity index (χ4n) is 5.80. The van der Waals surface area contributed by atoms with Crippen molar-refractivity contribution in [1.82, 2.24) is 0 Å². The Labute approximate surface area is 313 Å². The Morgan fingerprint density at radius 2 is 1.08 bits per heavy atom. The van der Waals surface area contributed by atoms with Crippen LogP contribution in [0.4, 0.5) is 0 Å². The number of nitrogens with zero attached hydrogens (tertiary/aromatic N) is 1. The molecule has 0 bridgehead atoms. The minimum atomic E-state index is -0.882. The maximum absolute atomic E-state index is 12.6. The molecule has 0 radical (unpaired) electrons. The third-order valence-corrected chi connectivity index (χ3v) is 9.05. The molecule has 2 atom stereocenters. The highest BCUT2D eigenvalue weighted by Gasteiger charge is 2.31. The van der Waals surface area contributed by atoms with Gasteiger partial charge in [0.15, 0.2) is 12.1 Å². The molecule has 0 fully saturated rings. The first-order valence-electron chi connectivity index (χ1n) is 20.5. The summed E-state index contributed by atoms with van der Waals surface area (Å²) >= 11 is 0. The summed E-state index contributed by atoms with van der Waals surface area (Å²) in [6.07, 6.45) is 37.8. The highest BCUT2D eigenvalue weighted by Crippen LogP contribution is 2.14. The average molecular weight is 721 g/mol. The number of esters is 2. The van der Waals surface area contributed by atoms with E-state index in [9.17, 15) is 19.5 Å². The summed E-state index contributed by atoms with van der Waals surface area (Å²) in [5.41, 5.74) is 0. The van der Waals surface area contributed by atoms with Crippen molar-refractivity contribution in [2.75, 3.05) is 41.0 Å². The van der Waals surface area contributed by atoms with Gasteiger partial charge >= 0.3 is 17.9 Å². The van der Waals surface area contributed by atoms with Crippen LogP contribution in [0.1, 0.15) is 168 Å². The predicted octanol–water partition coefficient (Wildman–Crippen LogP) is 10.7. The number of aliphatic carboxylic acids is 1. The van der Waals surface area contributed by atoms with Crippen LogP contribution < -0.4 is 0 Å². The molecule has 0 amide bonds. The van der Waals surface area contributed by atoms with Gasteiger partial charge in [0.1, 0.15) is 6.61 Å². The van der Waals surface area contributed by atoms with Gasteiger partial charge in [0, 0.05) is 19.3 Å². The number of carboxylic acid groups (broad SMARTS) is 1. The highest BCUT2D eigenvalue weighted by molar-refractivity contribution is 5.72. The van der Waals surface area contributed by atoms with Crippen molar-refractivity contribution in [3.63, 3.8) is 0 Å². The summed E-state index contributed by atoms with van der Waals surface area (Å²) < 4.78 is 17.1. The Hall–Kier alpha value is -2.45. The lowest BCUT2D eigenvalue weighted by atomic mass is 10.1. The Balaban J connectivity index is 4.27. The monoisotopic (exact) mass is 721 g/mol. The molecule has 296 valence electrons. The molecule has 0 aliphatic rings. The molecule has 0 aromatic rings. The molecule has 51 heavy (non-hydrogen) atoms. The lowest BCUT2D eigenvalue weighted by Gasteiger charge is -2.31. The molecular weight excluding hydrogens is 642 g/mol. The first kappa shape index (κ1) is 48.5. The average Bonchev–Trinajstić information content (AvgIpc) is 3.08. The first-order valence-corrected chi connectivity index (χ1v) is 20.5. The molecule has 0 aromatic heterocycles. The second-order valence-electron chi connectivity index (χ2n) is 14.9. The summed E-state index contributed by atoms with van der Waals surface area (Å²) in [6.45, 7) is 4.61. The van der Waals surface area contributed by atoms with E-state index in [0.717, 1.165) is 32.1 Å². The van der Waals surface area contributed by atoms with E-state index in [1.807, 2.05) is 27.2 Å². The smallest absolute Gasteiger partial charge is 0.362 e. The number of carboxylic acids is 1. The molecule has 0 rings (SSSR count). The molecule has 8 heteroatoms. The maximum Gasteiger partial charge on any atom is 0.362 e. The van der Waals surface area contributed by atoms with E-state index in [-0.39, 0.29) is 42.7 Å². The minimum absolute atomic E-state index is 0.0453. The molecule has 0 aliphatic carbocycles. The lowest BCUT2D eigenvalue weighted by molar-refractivity contribution is -0.887. The van der Waals surface area contributed by atoms with E-state index in [4.69, 9.17) is 14.2 Å². The Bertz CT molecular complexity index is 937. The van der Waals surface area contributed by atoms with E-state index < -0.39 is 18.1 Å². The molecule has 0 saturated heterocycles. The van der Waals surface area contributed by atoms with Crippen LogP contribution in [0.25, 0.3) is 0 Å². The minimum Gasteiger partial charge on any atom is -0.477 e. The van der Waals surface area contributed by atoms with Crippen molar-refractivity contribution in [2.45, 2.75) is 180 Å². The van der Waals surface area contributed by atoms with Crippen molar-refractivity contribution in [3.05, 3.63) is 36.5 Å². The second-order valence-corrected chi connectivity index (χ2v) is 14.9. The summed E-state index contributed by atoms with van der Waals surface area (Å²) in [7, 11) is 5.50. The Morgan fingerprint density at radius 3 is 1.65 bits per heavy atom. The molecule has 0 saturated carbocycles. The molecule has 0 heterocycles. The van der Waals surface area contributed by atoms with Crippen molar-refractivity contribution in [2.24, 2.45) is 0 Å². The number of hydrogen-bond acceptors (Lipinski definition) is 6. The number of unbranched alkanes of at least 4 members (excludes halogenated alkanes) is 17. The molecule has 0 aromatic carbocycles. The van der Waals surface area contributed by atoms with Gasteiger partial charge in [0.05, 0.1) is 34.4 Å². The Kier molecular flexibility index (Phi) is 33.0. The van der Waals surface area contributed by atoms with Gasteiger partial charge in [-0.25, -0.2) is 4.79 Å². The van der Waals surface area contributed by atoms with Crippen LogP contribution in [-0.2, 0) is 28.6 Å². The summed E-state index contributed by atoms with van der Waals surface area (Å²) in [5, 5.41) is 9.57. The van der Waals surface area contributed by atoms with Crippen LogP contribution in [0.15, 0.2) is 36.5 Å². The lowest BCUT2D eigenvalue weighted by Crippen LogP contribution is -2.50. The fourth-order valence-corrected chi connectivity index (χ4v) is 5.80. The molecule has 0 aliphatic heterocycles. The molecule has 1 N–H and O–H groups in total. The summed E-state index contributed by atoms with van der Waals surface area (Å²) in [5.74, 6) is -1.54. The van der Waals surface area contributed by atoms with E-state index in [0.29, 0.717) is 19.3 Å². The second kappa shape index (κ2) is 34.6. The van der Waals surface area contributed by atoms with Gasteiger partial charge in [-0.3, -0.25) is 9.59 Å². The van der Waals surface area contributed by atoms with Gasteiger partial charge in [-0.2, -0.15) is 0 Å². The number of rotatable bonds is 36. The zero-order valence-corrected chi connectivity index (χ0v) is 33.6. The molecule has 2 unspecified atom stereocenters. The number of allylic oxidation sites excluding steroid dienone is 6. The molecular formula is C43H78NO7+. The summed E-state index contributed by atoms with van der Waals surface area (Å²) in [6, 6.07) is -0.618. The number of quaternary nitrogens is 1. The van der Waals surface area contributed by atoms with Crippen LogP contribution in [0.2, 0.25) is 0 Å². The third kappa shape index (κ3) is 33.2. The number of hydrogen-bond donors (Lipinski definition) is 1. The largest absolute Gasteiger partial charge is 0.477 e. The number of carbonyl (C=O) groups is 3. The highest BCUT2D eigenvalue weighted by atomic mass is 16.6. The number of likely N-dealkylation sites (N-methyl/N-ethyl adjacent to an activating group) is 1. The standard InChI is InChI=1S/C43H77NO7/c1-6-8-10-12-14-16-17-18-19-20-21-22-23-24-25-26-28-29-31-33-41(45)50-38-39(37-49-36-35-40(43(47)48)44(3,4)5)51-42(46)34-32-30-27-15-13-11-9-7-2/h14,16-18,27,30,39-40H,6-13,15,19-26,28-29,31-38H2,1-5H3/p+1/b16-14+,18-17+,30-27+. The predicted molar refractivity (Wildman–Crippen MR) is 211 cm³/mol. The van der Waals surface area contributed by atoms with Gasteiger partial charge in [0.25, 0.3) is 0 Å². The maximum atomic E-state index is 12.6. The summed E-state index contributed by atoms with van der Waals surface area (Å²) in [4.78, 5) is 36.7. The quantitative estimate of drug-likeness (QED) is 0.0226. The van der Waals surface area contributed by atoms with Crippen molar-refractivity contribution in [1.29, 1.82) is 0 Å².